The van der Waals surface area contributed by atoms with Crippen LogP contribution in [-0.4, -0.2) is 32.7 Å². The predicted molar refractivity (Wildman–Crippen MR) is 193 cm³/mol. The SMILES string of the molecule is CC(C)(C)[Si](OCC[C@@H](O)CCCCOC(c1ccccc1)(c1ccccc1)c1ccccc1)(c1ccccc1)c1ccccc1. The van der Waals surface area contributed by atoms with E-state index in [1.165, 1.54) is 10.4 Å². The van der Waals surface area contributed by atoms with Crippen molar-refractivity contribution >= 4 is 18.7 Å². The van der Waals surface area contributed by atoms with Crippen LogP contribution in [0.2, 0.25) is 5.04 Å². The number of unbranched alkanes of at least 4 members (excludes halogenated alkanes) is 1. The third-order valence-corrected chi connectivity index (χ3v) is 14.0. The molecule has 0 radical (unpaired) electrons. The van der Waals surface area contributed by atoms with Gasteiger partial charge in [0.15, 0.2) is 0 Å². The largest absolute Gasteiger partial charge is 0.407 e. The van der Waals surface area contributed by atoms with Gasteiger partial charge in [-0.05, 0) is 57.8 Å². The van der Waals surface area contributed by atoms with Crippen molar-refractivity contribution in [2.45, 2.75) is 63.2 Å². The van der Waals surface area contributed by atoms with Gasteiger partial charge in [0.05, 0.1) is 6.10 Å². The van der Waals surface area contributed by atoms with Crippen LogP contribution in [0.5, 0.6) is 0 Å². The van der Waals surface area contributed by atoms with Gasteiger partial charge in [0.2, 0.25) is 0 Å². The molecular formula is C42H48O3Si. The zero-order valence-electron chi connectivity index (χ0n) is 27.5. The zero-order valence-corrected chi connectivity index (χ0v) is 28.5. The van der Waals surface area contributed by atoms with Crippen molar-refractivity contribution in [3.05, 3.63) is 168 Å². The average Bonchev–Trinajstić information content (AvgIpc) is 3.10. The van der Waals surface area contributed by atoms with Crippen molar-refractivity contribution in [1.29, 1.82) is 0 Å². The van der Waals surface area contributed by atoms with E-state index in [0.29, 0.717) is 26.1 Å². The van der Waals surface area contributed by atoms with Crippen LogP contribution in [0.3, 0.4) is 0 Å². The van der Waals surface area contributed by atoms with Gasteiger partial charge in [-0.1, -0.05) is 172 Å². The first-order chi connectivity index (χ1) is 22.4. The first-order valence-electron chi connectivity index (χ1n) is 16.6. The van der Waals surface area contributed by atoms with Crippen LogP contribution in [0.15, 0.2) is 152 Å². The molecule has 3 nitrogen and oxygen atoms in total. The monoisotopic (exact) mass is 628 g/mol. The predicted octanol–water partition coefficient (Wildman–Crippen LogP) is 8.49. The molecule has 0 heterocycles. The molecule has 0 aliphatic carbocycles. The normalized spacial score (nSPS) is 13.0. The Kier molecular flexibility index (Phi) is 11.4. The van der Waals surface area contributed by atoms with E-state index in [0.717, 1.165) is 29.5 Å². The first kappa shape index (κ1) is 33.6. The highest BCUT2D eigenvalue weighted by molar-refractivity contribution is 6.99. The Morgan fingerprint density at radius 3 is 1.30 bits per heavy atom. The van der Waals surface area contributed by atoms with E-state index in [4.69, 9.17) is 9.16 Å². The van der Waals surface area contributed by atoms with E-state index in [1.54, 1.807) is 0 Å². The maximum atomic E-state index is 11.1. The Hall–Kier alpha value is -3.80. The summed E-state index contributed by atoms with van der Waals surface area (Å²) in [5.41, 5.74) is 2.60. The lowest BCUT2D eigenvalue weighted by Crippen LogP contribution is -2.66. The van der Waals surface area contributed by atoms with Gasteiger partial charge in [0.25, 0.3) is 8.32 Å². The van der Waals surface area contributed by atoms with Crippen LogP contribution < -0.4 is 10.4 Å². The van der Waals surface area contributed by atoms with Crippen molar-refractivity contribution in [3.63, 3.8) is 0 Å². The molecule has 5 rings (SSSR count). The van der Waals surface area contributed by atoms with Crippen LogP contribution in [-0.2, 0) is 14.8 Å². The van der Waals surface area contributed by atoms with E-state index in [2.05, 4.69) is 154 Å². The van der Waals surface area contributed by atoms with Gasteiger partial charge in [-0.2, -0.15) is 0 Å². The fourth-order valence-corrected chi connectivity index (χ4v) is 11.3. The molecular weight excluding hydrogens is 581 g/mol. The molecule has 238 valence electrons. The van der Waals surface area contributed by atoms with Crippen LogP contribution in [0.25, 0.3) is 0 Å². The molecule has 5 aromatic carbocycles. The zero-order chi connectivity index (χ0) is 32.3. The van der Waals surface area contributed by atoms with Crippen LogP contribution in [0, 0.1) is 0 Å². The number of aliphatic hydroxyl groups is 1. The number of rotatable bonds is 15. The van der Waals surface area contributed by atoms with Gasteiger partial charge in [-0.25, -0.2) is 0 Å². The molecule has 0 unspecified atom stereocenters. The minimum atomic E-state index is -2.61. The molecule has 0 aliphatic rings. The van der Waals surface area contributed by atoms with Gasteiger partial charge < -0.3 is 14.3 Å². The lowest BCUT2D eigenvalue weighted by atomic mass is 9.80. The molecule has 1 N–H and O–H groups in total. The van der Waals surface area contributed by atoms with Gasteiger partial charge in [-0.15, -0.1) is 0 Å². The molecule has 0 spiro atoms. The smallest absolute Gasteiger partial charge is 0.261 e. The third kappa shape index (κ3) is 7.43. The van der Waals surface area contributed by atoms with Crippen molar-refractivity contribution in [1.82, 2.24) is 0 Å². The summed E-state index contributed by atoms with van der Waals surface area (Å²) < 4.78 is 13.9. The highest BCUT2D eigenvalue weighted by atomic mass is 28.4. The summed E-state index contributed by atoms with van der Waals surface area (Å²) >= 11 is 0. The summed E-state index contributed by atoms with van der Waals surface area (Å²) in [5, 5.41) is 13.5. The fraction of sp³-hybridized carbons (Fsp3) is 0.286. The Balaban J connectivity index is 1.23. The molecule has 0 amide bonds. The summed E-state index contributed by atoms with van der Waals surface area (Å²) in [5.74, 6) is 0. The molecule has 46 heavy (non-hydrogen) atoms. The topological polar surface area (TPSA) is 38.7 Å². The molecule has 0 saturated carbocycles. The molecule has 1 atom stereocenters. The van der Waals surface area contributed by atoms with E-state index in [9.17, 15) is 5.11 Å². The summed E-state index contributed by atoms with van der Waals surface area (Å²) in [4.78, 5) is 0. The minimum Gasteiger partial charge on any atom is -0.407 e. The van der Waals surface area contributed by atoms with Crippen molar-refractivity contribution < 1.29 is 14.3 Å². The van der Waals surface area contributed by atoms with Crippen LogP contribution in [0.4, 0.5) is 0 Å². The molecule has 5 aromatic rings. The Labute approximate surface area is 277 Å². The Morgan fingerprint density at radius 2 is 0.913 bits per heavy atom. The highest BCUT2D eigenvalue weighted by Gasteiger charge is 2.50. The lowest BCUT2D eigenvalue weighted by Gasteiger charge is -2.43. The molecule has 0 aliphatic heterocycles. The second-order valence-electron chi connectivity index (χ2n) is 13.1. The third-order valence-electron chi connectivity index (χ3n) is 8.98. The number of benzene rings is 5. The Bertz CT molecular complexity index is 1430. The minimum absolute atomic E-state index is 0.0826. The molecule has 0 fully saturated rings. The summed E-state index contributed by atoms with van der Waals surface area (Å²) in [6.45, 7) is 7.95. The van der Waals surface area contributed by atoms with Crippen molar-refractivity contribution in [2.75, 3.05) is 13.2 Å². The fourth-order valence-electron chi connectivity index (χ4n) is 6.73. The van der Waals surface area contributed by atoms with Crippen LogP contribution in [0.1, 0.15) is 63.1 Å². The molecule has 0 bridgehead atoms. The van der Waals surface area contributed by atoms with Gasteiger partial charge in [0, 0.05) is 13.2 Å². The molecule has 4 heteroatoms. The van der Waals surface area contributed by atoms with Gasteiger partial charge >= 0.3 is 0 Å². The van der Waals surface area contributed by atoms with E-state index >= 15 is 0 Å². The molecule has 0 saturated heterocycles. The summed E-state index contributed by atoms with van der Waals surface area (Å²) in [6, 6.07) is 52.9. The number of ether oxygens (including phenoxy) is 1. The highest BCUT2D eigenvalue weighted by Crippen LogP contribution is 2.41. The molecule has 0 aromatic heterocycles. The quantitative estimate of drug-likeness (QED) is 0.0718. The maximum Gasteiger partial charge on any atom is 0.261 e. The van der Waals surface area contributed by atoms with Crippen LogP contribution >= 0.6 is 0 Å². The van der Waals surface area contributed by atoms with Gasteiger partial charge in [0.1, 0.15) is 5.60 Å². The van der Waals surface area contributed by atoms with E-state index in [-0.39, 0.29) is 5.04 Å². The second kappa shape index (κ2) is 15.7. The summed E-state index contributed by atoms with van der Waals surface area (Å²) in [7, 11) is -2.61. The number of aliphatic hydroxyl groups excluding tert-OH is 1. The standard InChI is InChI=1S/C42H48O3Si/c1-41(2,3)46(39-28-15-7-16-29-39,40-30-17-8-18-31-40)45-34-32-38(43)27-19-20-33-44-42(35-21-9-4-10-22-35,36-23-11-5-12-24-36)37-25-13-6-14-26-37/h4-18,21-26,28-31,38,43H,19-20,27,32-34H2,1-3H3/t38-/m0/s1. The lowest BCUT2D eigenvalue weighted by molar-refractivity contribution is 0.00918. The first-order valence-corrected chi connectivity index (χ1v) is 18.5. The van der Waals surface area contributed by atoms with Crippen molar-refractivity contribution in [3.8, 4) is 0 Å². The second-order valence-corrected chi connectivity index (χ2v) is 17.4. The number of hydrogen-bond acceptors (Lipinski definition) is 3. The van der Waals surface area contributed by atoms with Gasteiger partial charge in [-0.3, -0.25) is 0 Å². The number of hydrogen-bond donors (Lipinski definition) is 1. The maximum absolute atomic E-state index is 11.1. The summed E-state index contributed by atoms with van der Waals surface area (Å²) in [6.07, 6.45) is 2.60. The Morgan fingerprint density at radius 1 is 0.522 bits per heavy atom. The van der Waals surface area contributed by atoms with E-state index < -0.39 is 20.0 Å². The average molecular weight is 629 g/mol. The van der Waals surface area contributed by atoms with Crippen molar-refractivity contribution in [2.24, 2.45) is 0 Å². The van der Waals surface area contributed by atoms with E-state index in [1.807, 2.05) is 18.2 Å².